The lowest BCUT2D eigenvalue weighted by molar-refractivity contribution is 0.330. The number of nitrogens with zero attached hydrogens (tertiary/aromatic N) is 2. The number of guanidine groups is 1. The quantitative estimate of drug-likeness (QED) is 0.437. The van der Waals surface area contributed by atoms with Gasteiger partial charge in [0.15, 0.2) is 5.96 Å². The molecule has 0 aromatic heterocycles. The molecule has 1 heterocycles. The number of likely N-dealkylation sites (tertiary alicyclic amines) is 1. The zero-order valence-electron chi connectivity index (χ0n) is 15.6. The van der Waals surface area contributed by atoms with Gasteiger partial charge in [-0.2, -0.15) is 0 Å². The molecule has 2 rings (SSSR count). The highest BCUT2D eigenvalue weighted by atomic mass is 15.2. The lowest BCUT2D eigenvalue weighted by Gasteiger charge is -2.17. The average Bonchev–Trinajstić information content (AvgIpc) is 3.11. The molecule has 1 fully saturated rings. The number of aryl methyl sites for hydroxylation is 1. The van der Waals surface area contributed by atoms with Crippen LogP contribution in [0, 0.1) is 6.92 Å². The van der Waals surface area contributed by atoms with E-state index in [1.54, 1.807) is 0 Å². The molecule has 0 bridgehead atoms. The van der Waals surface area contributed by atoms with Crippen molar-refractivity contribution in [3.05, 3.63) is 35.4 Å². The molecule has 0 aliphatic carbocycles. The molecule has 1 aliphatic heterocycles. The van der Waals surface area contributed by atoms with Crippen molar-refractivity contribution in [1.29, 1.82) is 0 Å². The highest BCUT2D eigenvalue weighted by molar-refractivity contribution is 5.79. The first-order chi connectivity index (χ1) is 11.7. The Kier molecular flexibility index (Phi) is 8.10. The summed E-state index contributed by atoms with van der Waals surface area (Å²) in [4.78, 5) is 6.91. The fraction of sp³-hybridized carbons (Fsp3) is 0.650. The van der Waals surface area contributed by atoms with Gasteiger partial charge in [0, 0.05) is 20.1 Å². The first-order valence-electron chi connectivity index (χ1n) is 9.42. The number of hydrogen-bond acceptors (Lipinski definition) is 2. The molecule has 24 heavy (non-hydrogen) atoms. The van der Waals surface area contributed by atoms with Gasteiger partial charge in [0.05, 0.1) is 0 Å². The molecule has 1 atom stereocenters. The van der Waals surface area contributed by atoms with Crippen molar-refractivity contribution < 1.29 is 0 Å². The van der Waals surface area contributed by atoms with E-state index < -0.39 is 0 Å². The van der Waals surface area contributed by atoms with Gasteiger partial charge in [0.2, 0.25) is 0 Å². The Hall–Kier alpha value is -1.55. The van der Waals surface area contributed by atoms with E-state index in [-0.39, 0.29) is 0 Å². The Morgan fingerprint density at radius 2 is 1.83 bits per heavy atom. The van der Waals surface area contributed by atoms with E-state index >= 15 is 0 Å². The second-order valence-corrected chi connectivity index (χ2v) is 6.95. The lowest BCUT2D eigenvalue weighted by atomic mass is 10.0. The van der Waals surface area contributed by atoms with Gasteiger partial charge in [-0.3, -0.25) is 4.99 Å². The standard InChI is InChI=1S/C20H34N4/c1-17-8-10-19(11-9-17)18(2)16-23-20(21-3)22-12-4-5-13-24-14-6-7-15-24/h8-11,18H,4-7,12-16H2,1-3H3,(H2,21,22,23). The van der Waals surface area contributed by atoms with Crippen LogP contribution in [0.4, 0.5) is 0 Å². The third-order valence-electron chi connectivity index (χ3n) is 4.84. The Labute approximate surface area is 147 Å². The first kappa shape index (κ1) is 18.8. The zero-order valence-corrected chi connectivity index (χ0v) is 15.6. The van der Waals surface area contributed by atoms with Crippen LogP contribution in [0.3, 0.4) is 0 Å². The SMILES string of the molecule is CN=C(NCCCCN1CCCC1)NCC(C)c1ccc(C)cc1. The Balaban J connectivity index is 1.60. The predicted molar refractivity (Wildman–Crippen MR) is 104 cm³/mol. The van der Waals surface area contributed by atoms with Gasteiger partial charge in [0.25, 0.3) is 0 Å². The van der Waals surface area contributed by atoms with Crippen LogP contribution in [0.15, 0.2) is 29.3 Å². The van der Waals surface area contributed by atoms with Crippen molar-refractivity contribution in [2.75, 3.05) is 39.8 Å². The van der Waals surface area contributed by atoms with Crippen LogP contribution in [0.25, 0.3) is 0 Å². The average molecular weight is 331 g/mol. The summed E-state index contributed by atoms with van der Waals surface area (Å²) in [7, 11) is 1.84. The maximum absolute atomic E-state index is 4.33. The minimum absolute atomic E-state index is 0.472. The third kappa shape index (κ3) is 6.52. The lowest BCUT2D eigenvalue weighted by Crippen LogP contribution is -2.39. The summed E-state index contributed by atoms with van der Waals surface area (Å²) < 4.78 is 0. The number of hydrogen-bond donors (Lipinski definition) is 2. The van der Waals surface area contributed by atoms with Crippen LogP contribution in [0.5, 0.6) is 0 Å². The van der Waals surface area contributed by atoms with Crippen LogP contribution in [0.2, 0.25) is 0 Å². The molecule has 0 spiro atoms. The van der Waals surface area contributed by atoms with E-state index in [0.29, 0.717) is 5.92 Å². The Bertz CT molecular complexity index is 489. The monoisotopic (exact) mass is 330 g/mol. The number of nitrogens with one attached hydrogen (secondary N) is 2. The third-order valence-corrected chi connectivity index (χ3v) is 4.84. The molecule has 0 amide bonds. The molecule has 134 valence electrons. The summed E-state index contributed by atoms with van der Waals surface area (Å²) in [6.45, 7) is 10.1. The minimum atomic E-state index is 0.472. The van der Waals surface area contributed by atoms with Gasteiger partial charge in [-0.05, 0) is 63.7 Å². The normalized spacial score (nSPS) is 17.0. The van der Waals surface area contributed by atoms with Gasteiger partial charge in [-0.15, -0.1) is 0 Å². The van der Waals surface area contributed by atoms with E-state index in [1.807, 2.05) is 7.05 Å². The first-order valence-corrected chi connectivity index (χ1v) is 9.42. The van der Waals surface area contributed by atoms with Gasteiger partial charge in [-0.25, -0.2) is 0 Å². The zero-order chi connectivity index (χ0) is 17.2. The number of rotatable bonds is 8. The highest BCUT2D eigenvalue weighted by Crippen LogP contribution is 2.14. The van der Waals surface area contributed by atoms with Crippen LogP contribution < -0.4 is 10.6 Å². The predicted octanol–water partition coefficient (Wildman–Crippen LogP) is 3.14. The van der Waals surface area contributed by atoms with Crippen LogP contribution >= 0.6 is 0 Å². The van der Waals surface area contributed by atoms with Crippen molar-refractivity contribution in [3.8, 4) is 0 Å². The fourth-order valence-electron chi connectivity index (χ4n) is 3.16. The molecule has 0 radical (unpaired) electrons. The van der Waals surface area contributed by atoms with Gasteiger partial charge >= 0.3 is 0 Å². The summed E-state index contributed by atoms with van der Waals surface area (Å²) >= 11 is 0. The van der Waals surface area contributed by atoms with E-state index in [1.165, 1.54) is 56.4 Å². The maximum Gasteiger partial charge on any atom is 0.190 e. The molecule has 1 aliphatic rings. The molecule has 1 saturated heterocycles. The highest BCUT2D eigenvalue weighted by Gasteiger charge is 2.10. The number of aliphatic imine (C=N–C) groups is 1. The van der Waals surface area contributed by atoms with Gasteiger partial charge < -0.3 is 15.5 Å². The van der Waals surface area contributed by atoms with Crippen molar-refractivity contribution >= 4 is 5.96 Å². The fourth-order valence-corrected chi connectivity index (χ4v) is 3.16. The Morgan fingerprint density at radius 3 is 2.50 bits per heavy atom. The molecule has 4 heteroatoms. The van der Waals surface area contributed by atoms with Gasteiger partial charge in [-0.1, -0.05) is 36.8 Å². The van der Waals surface area contributed by atoms with Crippen molar-refractivity contribution in [2.45, 2.75) is 45.4 Å². The second-order valence-electron chi connectivity index (χ2n) is 6.95. The largest absolute Gasteiger partial charge is 0.356 e. The molecule has 4 nitrogen and oxygen atoms in total. The summed E-state index contributed by atoms with van der Waals surface area (Å²) in [5.41, 5.74) is 2.68. The Morgan fingerprint density at radius 1 is 1.12 bits per heavy atom. The number of benzene rings is 1. The van der Waals surface area contributed by atoms with Crippen molar-refractivity contribution in [2.24, 2.45) is 4.99 Å². The smallest absolute Gasteiger partial charge is 0.190 e. The van der Waals surface area contributed by atoms with Crippen LogP contribution in [-0.2, 0) is 0 Å². The van der Waals surface area contributed by atoms with E-state index in [2.05, 4.69) is 58.6 Å². The van der Waals surface area contributed by atoms with E-state index in [9.17, 15) is 0 Å². The van der Waals surface area contributed by atoms with Crippen molar-refractivity contribution in [3.63, 3.8) is 0 Å². The molecule has 0 saturated carbocycles. The topological polar surface area (TPSA) is 39.7 Å². The molecule has 1 aromatic rings. The summed E-state index contributed by atoms with van der Waals surface area (Å²) in [5.74, 6) is 1.38. The van der Waals surface area contributed by atoms with E-state index in [0.717, 1.165) is 19.0 Å². The summed E-state index contributed by atoms with van der Waals surface area (Å²) in [5, 5.41) is 6.87. The summed E-state index contributed by atoms with van der Waals surface area (Å²) in [6.07, 6.45) is 5.23. The summed E-state index contributed by atoms with van der Waals surface area (Å²) in [6, 6.07) is 8.80. The minimum Gasteiger partial charge on any atom is -0.356 e. The molecule has 1 aromatic carbocycles. The maximum atomic E-state index is 4.33. The molecule has 1 unspecified atom stereocenters. The number of unbranched alkanes of at least 4 members (excludes halogenated alkanes) is 1. The molecular formula is C20H34N4. The van der Waals surface area contributed by atoms with Gasteiger partial charge in [0.1, 0.15) is 0 Å². The molecule has 2 N–H and O–H groups in total. The second kappa shape index (κ2) is 10.3. The van der Waals surface area contributed by atoms with Crippen LogP contribution in [-0.4, -0.2) is 50.6 Å². The van der Waals surface area contributed by atoms with E-state index in [4.69, 9.17) is 0 Å². The van der Waals surface area contributed by atoms with Crippen LogP contribution in [0.1, 0.15) is 49.7 Å². The van der Waals surface area contributed by atoms with Crippen molar-refractivity contribution in [1.82, 2.24) is 15.5 Å². The molecular weight excluding hydrogens is 296 g/mol.